The van der Waals surface area contributed by atoms with Crippen LogP contribution in [0.25, 0.3) is 0 Å². The number of fused-ring (bicyclic) bond motifs is 1. The van der Waals surface area contributed by atoms with Gasteiger partial charge >= 0.3 is 5.97 Å². The zero-order valence-corrected chi connectivity index (χ0v) is 10.1. The van der Waals surface area contributed by atoms with Gasteiger partial charge in [-0.2, -0.15) is 5.10 Å². The molecule has 0 saturated carbocycles. The first kappa shape index (κ1) is 11.2. The molecule has 1 N–H and O–H groups in total. The molecule has 0 radical (unpaired) electrons. The number of hydrogen-bond donors (Lipinski definition) is 1. The summed E-state index contributed by atoms with van der Waals surface area (Å²) in [4.78, 5) is 11.1. The quantitative estimate of drug-likeness (QED) is 0.833. The van der Waals surface area contributed by atoms with Gasteiger partial charge in [-0.1, -0.05) is 13.8 Å². The molecule has 0 atom stereocenters. The summed E-state index contributed by atoms with van der Waals surface area (Å²) in [7, 11) is 0. The Labute approximate surface area is 95.3 Å². The number of aromatic nitrogens is 2. The molecule has 1 aromatic heterocycles. The fraction of sp³-hybridized carbons (Fsp3) is 0.667. The Hall–Kier alpha value is -1.32. The third kappa shape index (κ3) is 1.72. The predicted molar refractivity (Wildman–Crippen MR) is 60.7 cm³/mol. The van der Waals surface area contributed by atoms with Gasteiger partial charge in [0.2, 0.25) is 0 Å². The minimum atomic E-state index is -0.900. The Morgan fingerprint density at radius 1 is 1.56 bits per heavy atom. The van der Waals surface area contributed by atoms with Gasteiger partial charge in [-0.3, -0.25) is 4.68 Å². The van der Waals surface area contributed by atoms with E-state index in [2.05, 4.69) is 18.9 Å². The molecular formula is C12H18N2O2. The molecule has 0 aliphatic heterocycles. The van der Waals surface area contributed by atoms with Gasteiger partial charge in [-0.25, -0.2) is 4.79 Å². The summed E-state index contributed by atoms with van der Waals surface area (Å²) in [6, 6.07) is 0. The van der Waals surface area contributed by atoms with E-state index in [4.69, 9.17) is 5.11 Å². The number of carboxylic acid groups (broad SMARTS) is 1. The molecule has 0 unspecified atom stereocenters. The third-order valence-corrected chi connectivity index (χ3v) is 3.37. The van der Waals surface area contributed by atoms with Gasteiger partial charge in [0, 0.05) is 17.8 Å². The second-order valence-electron chi connectivity index (χ2n) is 5.24. The standard InChI is InChI=1S/C12H18N2O2/c1-4-14-9-7-12(2,3)6-5-8(9)10(13-14)11(15)16/h4-7H2,1-3H3,(H,15,16). The van der Waals surface area contributed by atoms with Crippen LogP contribution in [0.5, 0.6) is 0 Å². The van der Waals surface area contributed by atoms with Crippen molar-refractivity contribution in [3.05, 3.63) is 17.0 Å². The molecule has 0 saturated heterocycles. The summed E-state index contributed by atoms with van der Waals surface area (Å²) in [5, 5.41) is 13.3. The van der Waals surface area contributed by atoms with Crippen LogP contribution in [-0.2, 0) is 19.4 Å². The Morgan fingerprint density at radius 3 is 2.81 bits per heavy atom. The van der Waals surface area contributed by atoms with E-state index in [0.29, 0.717) is 0 Å². The largest absolute Gasteiger partial charge is 0.476 e. The minimum Gasteiger partial charge on any atom is -0.476 e. The first-order chi connectivity index (χ1) is 7.44. The molecule has 0 amide bonds. The maximum Gasteiger partial charge on any atom is 0.356 e. The molecule has 2 rings (SSSR count). The van der Waals surface area contributed by atoms with Crippen molar-refractivity contribution in [2.75, 3.05) is 0 Å². The fourth-order valence-electron chi connectivity index (χ4n) is 2.43. The fourth-order valence-corrected chi connectivity index (χ4v) is 2.43. The Bertz CT molecular complexity index is 432. The average Bonchev–Trinajstić information content (AvgIpc) is 2.54. The van der Waals surface area contributed by atoms with Gasteiger partial charge in [-0.05, 0) is 31.6 Å². The van der Waals surface area contributed by atoms with E-state index in [1.807, 2.05) is 11.6 Å². The van der Waals surface area contributed by atoms with Crippen molar-refractivity contribution < 1.29 is 9.90 Å². The molecule has 1 aromatic rings. The van der Waals surface area contributed by atoms with Crippen molar-refractivity contribution in [1.29, 1.82) is 0 Å². The van der Waals surface area contributed by atoms with Crippen LogP contribution >= 0.6 is 0 Å². The third-order valence-electron chi connectivity index (χ3n) is 3.37. The van der Waals surface area contributed by atoms with E-state index in [0.717, 1.165) is 37.1 Å². The topological polar surface area (TPSA) is 55.1 Å². The van der Waals surface area contributed by atoms with Crippen LogP contribution < -0.4 is 0 Å². The molecule has 0 spiro atoms. The van der Waals surface area contributed by atoms with Gasteiger partial charge in [-0.15, -0.1) is 0 Å². The lowest BCUT2D eigenvalue weighted by molar-refractivity contribution is 0.0688. The van der Waals surface area contributed by atoms with Crippen molar-refractivity contribution >= 4 is 5.97 Å². The molecule has 0 bridgehead atoms. The van der Waals surface area contributed by atoms with E-state index in [9.17, 15) is 4.79 Å². The van der Waals surface area contributed by atoms with Gasteiger partial charge in [0.05, 0.1) is 0 Å². The van der Waals surface area contributed by atoms with E-state index < -0.39 is 5.97 Å². The van der Waals surface area contributed by atoms with Crippen LogP contribution in [0.4, 0.5) is 0 Å². The van der Waals surface area contributed by atoms with Crippen LogP contribution in [0.2, 0.25) is 0 Å². The average molecular weight is 222 g/mol. The number of carbonyl (C=O) groups is 1. The van der Waals surface area contributed by atoms with Gasteiger partial charge in [0.15, 0.2) is 5.69 Å². The van der Waals surface area contributed by atoms with Crippen molar-refractivity contribution in [3.8, 4) is 0 Å². The maximum absolute atomic E-state index is 11.1. The Morgan fingerprint density at radius 2 is 2.25 bits per heavy atom. The maximum atomic E-state index is 11.1. The number of nitrogens with zero attached hydrogens (tertiary/aromatic N) is 2. The SMILES string of the molecule is CCn1nc(C(=O)O)c2c1CC(C)(C)CC2. The highest BCUT2D eigenvalue weighted by Gasteiger charge is 2.32. The molecule has 4 heteroatoms. The second kappa shape index (κ2) is 3.61. The lowest BCUT2D eigenvalue weighted by Gasteiger charge is -2.29. The van der Waals surface area contributed by atoms with Gasteiger partial charge < -0.3 is 5.11 Å². The van der Waals surface area contributed by atoms with Crippen LogP contribution in [0, 0.1) is 5.41 Å². The monoisotopic (exact) mass is 222 g/mol. The van der Waals surface area contributed by atoms with Crippen molar-refractivity contribution in [2.24, 2.45) is 5.41 Å². The van der Waals surface area contributed by atoms with Crippen molar-refractivity contribution in [3.63, 3.8) is 0 Å². The lowest BCUT2D eigenvalue weighted by Crippen LogP contribution is -2.24. The number of rotatable bonds is 2. The smallest absolute Gasteiger partial charge is 0.356 e. The lowest BCUT2D eigenvalue weighted by atomic mass is 9.76. The molecule has 88 valence electrons. The highest BCUT2D eigenvalue weighted by molar-refractivity contribution is 5.87. The molecule has 0 fully saturated rings. The number of aromatic carboxylic acids is 1. The number of hydrogen-bond acceptors (Lipinski definition) is 2. The first-order valence-electron chi connectivity index (χ1n) is 5.76. The van der Waals surface area contributed by atoms with Crippen LogP contribution in [0.15, 0.2) is 0 Å². The highest BCUT2D eigenvalue weighted by Crippen LogP contribution is 2.36. The predicted octanol–water partition coefficient (Wildman–Crippen LogP) is 2.12. The summed E-state index contributed by atoms with van der Waals surface area (Å²) in [6.45, 7) is 7.19. The molecule has 1 heterocycles. The van der Waals surface area contributed by atoms with Crippen molar-refractivity contribution in [2.45, 2.75) is 46.6 Å². The highest BCUT2D eigenvalue weighted by atomic mass is 16.4. The van der Waals surface area contributed by atoms with Crippen LogP contribution in [0.1, 0.15) is 48.9 Å². The van der Waals surface area contributed by atoms with Crippen molar-refractivity contribution in [1.82, 2.24) is 9.78 Å². The molecule has 0 aromatic carbocycles. The summed E-state index contributed by atoms with van der Waals surface area (Å²) < 4.78 is 1.85. The van der Waals surface area contributed by atoms with E-state index in [1.165, 1.54) is 0 Å². The first-order valence-corrected chi connectivity index (χ1v) is 5.76. The Balaban J connectivity index is 2.50. The normalized spacial score (nSPS) is 18.2. The second-order valence-corrected chi connectivity index (χ2v) is 5.24. The minimum absolute atomic E-state index is 0.257. The molecule has 4 nitrogen and oxygen atoms in total. The summed E-state index contributed by atoms with van der Waals surface area (Å²) in [6.07, 6.45) is 2.80. The van der Waals surface area contributed by atoms with E-state index >= 15 is 0 Å². The summed E-state index contributed by atoms with van der Waals surface area (Å²) in [5.74, 6) is -0.900. The van der Waals surface area contributed by atoms with Crippen LogP contribution in [-0.4, -0.2) is 20.9 Å². The molecule has 1 aliphatic carbocycles. The molecule has 1 aliphatic rings. The summed E-state index contributed by atoms with van der Waals surface area (Å²) >= 11 is 0. The summed E-state index contributed by atoms with van der Waals surface area (Å²) in [5.41, 5.74) is 2.59. The Kier molecular flexibility index (Phi) is 2.52. The molecular weight excluding hydrogens is 204 g/mol. The van der Waals surface area contributed by atoms with E-state index in [-0.39, 0.29) is 11.1 Å². The van der Waals surface area contributed by atoms with Gasteiger partial charge in [0.25, 0.3) is 0 Å². The van der Waals surface area contributed by atoms with Crippen LogP contribution in [0.3, 0.4) is 0 Å². The number of carboxylic acids is 1. The zero-order valence-electron chi connectivity index (χ0n) is 10.1. The van der Waals surface area contributed by atoms with Gasteiger partial charge in [0.1, 0.15) is 0 Å². The molecule has 16 heavy (non-hydrogen) atoms. The zero-order chi connectivity index (χ0) is 11.9. The van der Waals surface area contributed by atoms with E-state index in [1.54, 1.807) is 0 Å². The number of aryl methyl sites for hydroxylation is 1.